The zero-order valence-electron chi connectivity index (χ0n) is 11.8. The summed E-state index contributed by atoms with van der Waals surface area (Å²) in [5.74, 6) is -1.59. The molecule has 106 valence electrons. The van der Waals surface area contributed by atoms with Crippen molar-refractivity contribution in [2.24, 2.45) is 0 Å². The zero-order chi connectivity index (χ0) is 14.9. The molecule has 0 bridgehead atoms. The molecule has 1 aliphatic heterocycles. The number of nitrogens with zero attached hydrogens (tertiary/aromatic N) is 1. The fourth-order valence-electron chi connectivity index (χ4n) is 1.91. The molecule has 1 aromatic carbocycles. The Morgan fingerprint density at radius 1 is 1.15 bits per heavy atom. The Labute approximate surface area is 121 Å². The van der Waals surface area contributed by atoms with Crippen molar-refractivity contribution in [1.29, 1.82) is 0 Å². The Kier molecular flexibility index (Phi) is 4.17. The molecule has 0 aliphatic carbocycles. The van der Waals surface area contributed by atoms with Gasteiger partial charge in [-0.15, -0.1) is 0 Å². The van der Waals surface area contributed by atoms with Crippen LogP contribution in [0.3, 0.4) is 0 Å². The molecule has 0 spiro atoms. The summed E-state index contributed by atoms with van der Waals surface area (Å²) in [7, 11) is 0. The van der Waals surface area contributed by atoms with Crippen LogP contribution in [0.5, 0.6) is 0 Å². The van der Waals surface area contributed by atoms with E-state index in [0.29, 0.717) is 10.6 Å². The Morgan fingerprint density at radius 2 is 1.75 bits per heavy atom. The van der Waals surface area contributed by atoms with E-state index in [1.165, 1.54) is 3.58 Å². The molecule has 0 unspecified atom stereocenters. The van der Waals surface area contributed by atoms with Gasteiger partial charge < -0.3 is 0 Å². The normalized spacial score (nSPS) is 15.7. The van der Waals surface area contributed by atoms with Crippen molar-refractivity contribution in [3.05, 3.63) is 29.8 Å². The SMILES string of the molecule is [CH3][Sn]([CH3])([CH3])[c]1cccc(C(=O)ON2C(=O)CCC2=O)c1. The number of rotatable bonds is 3. The van der Waals surface area contributed by atoms with E-state index in [1.807, 2.05) is 18.2 Å². The minimum absolute atomic E-state index is 0.102. The summed E-state index contributed by atoms with van der Waals surface area (Å²) in [5, 5.41) is 0.579. The van der Waals surface area contributed by atoms with Crippen LogP contribution in [-0.2, 0) is 14.4 Å². The van der Waals surface area contributed by atoms with Crippen molar-refractivity contribution in [2.75, 3.05) is 0 Å². The van der Waals surface area contributed by atoms with Crippen LogP contribution in [0.15, 0.2) is 24.3 Å². The molecule has 1 aromatic rings. The van der Waals surface area contributed by atoms with Crippen LogP contribution in [0.4, 0.5) is 0 Å². The number of hydrogen-bond donors (Lipinski definition) is 0. The van der Waals surface area contributed by atoms with Gasteiger partial charge in [0.05, 0.1) is 0 Å². The van der Waals surface area contributed by atoms with E-state index in [2.05, 4.69) is 14.8 Å². The molecule has 20 heavy (non-hydrogen) atoms. The first-order valence-corrected chi connectivity index (χ1v) is 16.5. The van der Waals surface area contributed by atoms with E-state index in [0.717, 1.165) is 0 Å². The summed E-state index contributed by atoms with van der Waals surface area (Å²) in [6.07, 6.45) is 0.204. The van der Waals surface area contributed by atoms with E-state index >= 15 is 0 Å². The molecule has 1 saturated heterocycles. The monoisotopic (exact) mass is 383 g/mol. The first kappa shape index (κ1) is 15.0. The maximum atomic E-state index is 12.0. The third-order valence-corrected chi connectivity index (χ3v) is 8.98. The van der Waals surface area contributed by atoms with Gasteiger partial charge in [0, 0.05) is 0 Å². The molecular formula is C14H17NO4Sn. The number of imide groups is 1. The van der Waals surface area contributed by atoms with Gasteiger partial charge in [0.15, 0.2) is 0 Å². The fourth-order valence-corrected chi connectivity index (χ4v) is 5.29. The molecule has 0 saturated carbocycles. The van der Waals surface area contributed by atoms with Crippen molar-refractivity contribution in [1.82, 2.24) is 5.06 Å². The van der Waals surface area contributed by atoms with E-state index in [-0.39, 0.29) is 12.8 Å². The Hall–Kier alpha value is -1.37. The van der Waals surface area contributed by atoms with Crippen molar-refractivity contribution in [3.63, 3.8) is 0 Å². The van der Waals surface area contributed by atoms with E-state index in [9.17, 15) is 14.4 Å². The van der Waals surface area contributed by atoms with Crippen LogP contribution >= 0.6 is 0 Å². The van der Waals surface area contributed by atoms with Crippen LogP contribution in [0.1, 0.15) is 23.2 Å². The second-order valence-electron chi connectivity index (χ2n) is 5.79. The number of hydrogen-bond acceptors (Lipinski definition) is 4. The van der Waals surface area contributed by atoms with Gasteiger partial charge in [-0.1, -0.05) is 0 Å². The third-order valence-electron chi connectivity index (χ3n) is 3.14. The van der Waals surface area contributed by atoms with Crippen molar-refractivity contribution >= 4 is 39.7 Å². The average Bonchev–Trinajstić information content (AvgIpc) is 2.69. The second kappa shape index (κ2) is 5.55. The molecule has 0 radical (unpaired) electrons. The molecule has 1 heterocycles. The maximum absolute atomic E-state index is 12.0. The molecule has 0 N–H and O–H groups in total. The first-order valence-electron chi connectivity index (χ1n) is 6.47. The predicted molar refractivity (Wildman–Crippen MR) is 75.9 cm³/mol. The Balaban J connectivity index is 2.18. The van der Waals surface area contributed by atoms with Gasteiger partial charge in [0.2, 0.25) is 0 Å². The van der Waals surface area contributed by atoms with Gasteiger partial charge >= 0.3 is 122 Å². The number of carbonyl (C=O) groups excluding carboxylic acids is 3. The predicted octanol–water partition coefficient (Wildman–Crippen LogP) is 1.45. The van der Waals surface area contributed by atoms with E-state index < -0.39 is 36.2 Å². The molecular weight excluding hydrogens is 365 g/mol. The van der Waals surface area contributed by atoms with Crippen molar-refractivity contribution in [3.8, 4) is 0 Å². The number of benzene rings is 1. The standard InChI is InChI=1S/C11H8NO4.3CH3.Sn/c13-9-6-7-10(14)12(9)16-11(15)8-4-2-1-3-5-8;;;;/h1-2,4-5H,6-7H2;3*1H3;. The van der Waals surface area contributed by atoms with Gasteiger partial charge in [-0.2, -0.15) is 0 Å². The van der Waals surface area contributed by atoms with E-state index in [1.54, 1.807) is 6.07 Å². The fraction of sp³-hybridized carbons (Fsp3) is 0.357. The Morgan fingerprint density at radius 3 is 2.30 bits per heavy atom. The summed E-state index contributed by atoms with van der Waals surface area (Å²) in [6.45, 7) is 0. The van der Waals surface area contributed by atoms with Gasteiger partial charge in [0.25, 0.3) is 0 Å². The summed E-state index contributed by atoms with van der Waals surface area (Å²) < 4.78 is 1.19. The summed E-state index contributed by atoms with van der Waals surface area (Å²) in [6, 6.07) is 7.26. The molecule has 0 atom stereocenters. The van der Waals surface area contributed by atoms with Crippen LogP contribution in [0.25, 0.3) is 0 Å². The quantitative estimate of drug-likeness (QED) is 0.587. The topological polar surface area (TPSA) is 63.7 Å². The number of amides is 2. The van der Waals surface area contributed by atoms with Crippen LogP contribution in [0, 0.1) is 0 Å². The van der Waals surface area contributed by atoms with Crippen LogP contribution < -0.4 is 3.58 Å². The van der Waals surface area contributed by atoms with Gasteiger partial charge in [-0.25, -0.2) is 0 Å². The zero-order valence-corrected chi connectivity index (χ0v) is 14.7. The molecule has 2 amide bonds. The molecule has 5 nitrogen and oxygen atoms in total. The van der Waals surface area contributed by atoms with Crippen molar-refractivity contribution in [2.45, 2.75) is 27.7 Å². The summed E-state index contributed by atoms with van der Waals surface area (Å²) in [4.78, 5) is 46.5. The van der Waals surface area contributed by atoms with Crippen molar-refractivity contribution < 1.29 is 19.2 Å². The number of hydroxylamine groups is 2. The summed E-state index contributed by atoms with van der Waals surface area (Å²) in [5.41, 5.74) is 0.377. The first-order chi connectivity index (χ1) is 9.29. The molecule has 1 fully saturated rings. The van der Waals surface area contributed by atoms with Crippen LogP contribution in [0.2, 0.25) is 14.8 Å². The molecule has 6 heteroatoms. The third kappa shape index (κ3) is 3.20. The average molecular weight is 382 g/mol. The van der Waals surface area contributed by atoms with Gasteiger partial charge in [-0.3, -0.25) is 0 Å². The minimum atomic E-state index is -2.27. The van der Waals surface area contributed by atoms with E-state index in [4.69, 9.17) is 4.84 Å². The Bertz CT molecular complexity index is 561. The van der Waals surface area contributed by atoms with Gasteiger partial charge in [-0.05, 0) is 0 Å². The molecule has 0 aromatic heterocycles. The van der Waals surface area contributed by atoms with Gasteiger partial charge in [0.1, 0.15) is 0 Å². The summed E-state index contributed by atoms with van der Waals surface area (Å²) >= 11 is -2.27. The van der Waals surface area contributed by atoms with Crippen LogP contribution in [-0.4, -0.2) is 41.2 Å². The molecule has 1 aliphatic rings. The molecule has 2 rings (SSSR count). The second-order valence-corrected chi connectivity index (χ2v) is 20.3. The number of carbonyl (C=O) groups is 3.